The molecule has 1 aromatic heterocycles. The Morgan fingerprint density at radius 2 is 1.96 bits per heavy atom. The van der Waals surface area contributed by atoms with Crippen molar-refractivity contribution in [1.82, 2.24) is 4.98 Å². The van der Waals surface area contributed by atoms with E-state index in [9.17, 15) is 4.79 Å². The summed E-state index contributed by atoms with van der Waals surface area (Å²) in [5.41, 5.74) is 3.82. The first kappa shape index (κ1) is 17.5. The molecule has 4 nitrogen and oxygen atoms in total. The molecule has 6 heteroatoms. The number of anilines is 2. The van der Waals surface area contributed by atoms with Crippen molar-refractivity contribution in [3.63, 3.8) is 0 Å². The van der Waals surface area contributed by atoms with Gasteiger partial charge in [0.25, 0.3) is 5.91 Å². The minimum absolute atomic E-state index is 0.173. The van der Waals surface area contributed by atoms with E-state index in [0.717, 1.165) is 27.5 Å². The van der Waals surface area contributed by atoms with Gasteiger partial charge in [0.1, 0.15) is 9.88 Å². The highest BCUT2D eigenvalue weighted by Crippen LogP contribution is 2.31. The number of aromatic nitrogens is 1. The first-order chi connectivity index (χ1) is 12.0. The normalized spacial score (nSPS) is 10.6. The highest BCUT2D eigenvalue weighted by atomic mass is 35.5. The molecule has 0 bridgehead atoms. The molecule has 0 unspecified atom stereocenters. The quantitative estimate of drug-likeness (QED) is 0.694. The summed E-state index contributed by atoms with van der Waals surface area (Å²) >= 11 is 7.52. The number of carbonyl (C=O) groups is 1. The van der Waals surface area contributed by atoms with Crippen molar-refractivity contribution in [3.8, 4) is 10.6 Å². The molecular formula is C19H18ClN3OS. The number of hydrogen-bond acceptors (Lipinski definition) is 4. The van der Waals surface area contributed by atoms with Gasteiger partial charge in [-0.15, -0.1) is 11.3 Å². The maximum atomic E-state index is 12.5. The molecule has 0 aliphatic rings. The number of hydrogen-bond donors (Lipinski definition) is 1. The lowest BCUT2D eigenvalue weighted by molar-refractivity contribution is 0.103. The first-order valence-corrected chi connectivity index (χ1v) is 8.95. The highest BCUT2D eigenvalue weighted by molar-refractivity contribution is 7.17. The van der Waals surface area contributed by atoms with E-state index in [1.807, 2.05) is 68.4 Å². The van der Waals surface area contributed by atoms with Crippen molar-refractivity contribution in [3.05, 3.63) is 64.1 Å². The van der Waals surface area contributed by atoms with Crippen molar-refractivity contribution in [2.24, 2.45) is 0 Å². The third kappa shape index (κ3) is 3.83. The van der Waals surface area contributed by atoms with E-state index in [-0.39, 0.29) is 5.91 Å². The zero-order valence-corrected chi connectivity index (χ0v) is 15.8. The molecule has 0 aliphatic heterocycles. The number of thiazole rings is 1. The van der Waals surface area contributed by atoms with E-state index in [4.69, 9.17) is 11.6 Å². The monoisotopic (exact) mass is 371 g/mol. The van der Waals surface area contributed by atoms with Crippen LogP contribution in [0.3, 0.4) is 0 Å². The molecule has 2 aromatic carbocycles. The molecule has 3 aromatic rings. The molecule has 0 saturated heterocycles. The zero-order chi connectivity index (χ0) is 18.0. The Kier molecular flexibility index (Phi) is 5.06. The Hall–Kier alpha value is -2.37. The van der Waals surface area contributed by atoms with Crippen LogP contribution < -0.4 is 10.2 Å². The molecule has 0 atom stereocenters. The fourth-order valence-electron chi connectivity index (χ4n) is 2.57. The summed E-state index contributed by atoms with van der Waals surface area (Å²) < 4.78 is 0. The van der Waals surface area contributed by atoms with Crippen LogP contribution in [0.5, 0.6) is 0 Å². The molecular weight excluding hydrogens is 354 g/mol. The van der Waals surface area contributed by atoms with Gasteiger partial charge in [-0.2, -0.15) is 0 Å². The van der Waals surface area contributed by atoms with E-state index in [1.54, 1.807) is 6.20 Å². The van der Waals surface area contributed by atoms with Crippen LogP contribution >= 0.6 is 22.9 Å². The van der Waals surface area contributed by atoms with Gasteiger partial charge in [-0.3, -0.25) is 4.79 Å². The molecule has 128 valence electrons. The molecule has 3 rings (SSSR count). The van der Waals surface area contributed by atoms with Crippen molar-refractivity contribution < 1.29 is 4.79 Å². The second-order valence-corrected chi connectivity index (χ2v) is 7.30. The van der Waals surface area contributed by atoms with E-state index in [2.05, 4.69) is 10.3 Å². The van der Waals surface area contributed by atoms with Crippen LogP contribution in [0.4, 0.5) is 11.4 Å². The molecule has 1 heterocycles. The summed E-state index contributed by atoms with van der Waals surface area (Å²) in [6.07, 6.45) is 1.58. The van der Waals surface area contributed by atoms with Gasteiger partial charge in [0.2, 0.25) is 0 Å². The summed E-state index contributed by atoms with van der Waals surface area (Å²) in [5.74, 6) is -0.173. The SMILES string of the molecule is Cc1cc(NC(=O)c2cnc(-c3ccccc3Cl)s2)ccc1N(C)C. The smallest absolute Gasteiger partial charge is 0.267 e. The van der Waals surface area contributed by atoms with Gasteiger partial charge in [-0.05, 0) is 36.8 Å². The number of halogens is 1. The lowest BCUT2D eigenvalue weighted by atomic mass is 10.1. The summed E-state index contributed by atoms with van der Waals surface area (Å²) in [7, 11) is 3.99. The second-order valence-electron chi connectivity index (χ2n) is 5.86. The van der Waals surface area contributed by atoms with Gasteiger partial charge >= 0.3 is 0 Å². The Labute approximate surface area is 156 Å². The summed E-state index contributed by atoms with van der Waals surface area (Å²) in [6, 6.07) is 13.3. The maximum Gasteiger partial charge on any atom is 0.267 e. The lowest BCUT2D eigenvalue weighted by Crippen LogP contribution is -2.12. The van der Waals surface area contributed by atoms with Gasteiger partial charge in [0, 0.05) is 31.0 Å². The summed E-state index contributed by atoms with van der Waals surface area (Å²) in [4.78, 5) is 19.4. The summed E-state index contributed by atoms with van der Waals surface area (Å²) in [6.45, 7) is 2.02. The Bertz CT molecular complexity index is 921. The van der Waals surface area contributed by atoms with E-state index in [1.165, 1.54) is 11.3 Å². The average Bonchev–Trinajstić information content (AvgIpc) is 3.05. The van der Waals surface area contributed by atoms with Crippen LogP contribution in [0.25, 0.3) is 10.6 Å². The van der Waals surface area contributed by atoms with Gasteiger partial charge < -0.3 is 10.2 Å². The predicted molar refractivity (Wildman–Crippen MR) is 106 cm³/mol. The van der Waals surface area contributed by atoms with Crippen molar-refractivity contribution in [2.75, 3.05) is 24.3 Å². The molecule has 0 spiro atoms. The first-order valence-electron chi connectivity index (χ1n) is 7.76. The largest absolute Gasteiger partial charge is 0.377 e. The van der Waals surface area contributed by atoms with Gasteiger partial charge in [-0.1, -0.05) is 29.8 Å². The number of carbonyl (C=O) groups excluding carboxylic acids is 1. The molecule has 1 amide bonds. The third-order valence-corrected chi connectivity index (χ3v) is 5.13. The Balaban J connectivity index is 1.79. The molecule has 1 N–H and O–H groups in total. The van der Waals surface area contributed by atoms with Crippen molar-refractivity contribution in [1.29, 1.82) is 0 Å². The molecule has 25 heavy (non-hydrogen) atoms. The van der Waals surface area contributed by atoms with Crippen LogP contribution in [0.15, 0.2) is 48.7 Å². The number of nitrogens with one attached hydrogen (secondary N) is 1. The van der Waals surface area contributed by atoms with Crippen molar-refractivity contribution >= 4 is 40.2 Å². The van der Waals surface area contributed by atoms with Crippen LogP contribution in [0.2, 0.25) is 5.02 Å². The van der Waals surface area contributed by atoms with Crippen LogP contribution in [-0.4, -0.2) is 25.0 Å². The van der Waals surface area contributed by atoms with Crippen LogP contribution in [0, 0.1) is 6.92 Å². The molecule has 0 saturated carbocycles. The minimum Gasteiger partial charge on any atom is -0.377 e. The number of amides is 1. The lowest BCUT2D eigenvalue weighted by Gasteiger charge is -2.16. The third-order valence-electron chi connectivity index (χ3n) is 3.77. The zero-order valence-electron chi connectivity index (χ0n) is 14.2. The van der Waals surface area contributed by atoms with Gasteiger partial charge in [-0.25, -0.2) is 4.98 Å². The average molecular weight is 372 g/mol. The minimum atomic E-state index is -0.173. The van der Waals surface area contributed by atoms with Crippen molar-refractivity contribution in [2.45, 2.75) is 6.92 Å². The van der Waals surface area contributed by atoms with Crippen LogP contribution in [-0.2, 0) is 0 Å². The topological polar surface area (TPSA) is 45.2 Å². The molecule has 0 fully saturated rings. The van der Waals surface area contributed by atoms with E-state index < -0.39 is 0 Å². The highest BCUT2D eigenvalue weighted by Gasteiger charge is 2.14. The van der Waals surface area contributed by atoms with E-state index >= 15 is 0 Å². The fraction of sp³-hybridized carbons (Fsp3) is 0.158. The van der Waals surface area contributed by atoms with Crippen LogP contribution in [0.1, 0.15) is 15.2 Å². The molecule has 0 aliphatic carbocycles. The van der Waals surface area contributed by atoms with Gasteiger partial charge in [0.15, 0.2) is 0 Å². The fourth-order valence-corrected chi connectivity index (χ4v) is 3.70. The van der Waals surface area contributed by atoms with E-state index in [0.29, 0.717) is 9.90 Å². The number of benzene rings is 2. The number of rotatable bonds is 4. The Morgan fingerprint density at radius 1 is 1.20 bits per heavy atom. The number of nitrogens with zero attached hydrogens (tertiary/aromatic N) is 2. The second kappa shape index (κ2) is 7.25. The van der Waals surface area contributed by atoms with Gasteiger partial charge in [0.05, 0.1) is 11.2 Å². The number of aryl methyl sites for hydroxylation is 1. The predicted octanol–water partition coefficient (Wildman–Crippen LogP) is 5.09. The summed E-state index contributed by atoms with van der Waals surface area (Å²) in [5, 5.41) is 4.28. The molecule has 0 radical (unpaired) electrons. The standard InChI is InChI=1S/C19H18ClN3OS/c1-12-10-13(8-9-16(12)23(2)3)22-18(24)17-11-21-19(25-17)14-6-4-5-7-15(14)20/h4-11H,1-3H3,(H,22,24). The maximum absolute atomic E-state index is 12.5. The Morgan fingerprint density at radius 3 is 2.64 bits per heavy atom.